The average Bonchev–Trinajstić information content (AvgIpc) is 2.49. The van der Waals surface area contributed by atoms with Crippen molar-refractivity contribution in [1.29, 1.82) is 0 Å². The number of hydrogen-bond acceptors (Lipinski definition) is 5. The van der Waals surface area contributed by atoms with Crippen LogP contribution in [0.1, 0.15) is 0 Å². The second-order valence-electron chi connectivity index (χ2n) is 4.17. The number of carbonyl (C=O) groups excluding carboxylic acids is 1. The Hall–Kier alpha value is -2.60. The minimum atomic E-state index is -1.15. The molecule has 1 aromatic rings. The third-order valence-corrected chi connectivity index (χ3v) is 2.84. The molecule has 20 heavy (non-hydrogen) atoms. The molecular formula is C14H12N2O4. The first kappa shape index (κ1) is 12.4. The molecule has 1 atom stereocenters. The maximum Gasteiger partial charge on any atom is 0.285 e. The summed E-state index contributed by atoms with van der Waals surface area (Å²) in [6, 6.07) is 9.02. The van der Waals surface area contributed by atoms with Gasteiger partial charge in [-0.15, -0.1) is 5.10 Å². The number of rotatable bonds is 2. The van der Waals surface area contributed by atoms with Gasteiger partial charge in [-0.3, -0.25) is 4.79 Å². The maximum atomic E-state index is 11.9. The van der Waals surface area contributed by atoms with Crippen molar-refractivity contribution < 1.29 is 19.4 Å². The lowest BCUT2D eigenvalue weighted by atomic mass is 10.2. The molecular weight excluding hydrogens is 260 g/mol. The molecule has 1 N–H and O–H groups in total. The molecule has 0 saturated heterocycles. The maximum absolute atomic E-state index is 11.9. The number of anilines is 1. The Morgan fingerprint density at radius 2 is 2.10 bits per heavy atom. The summed E-state index contributed by atoms with van der Waals surface area (Å²) in [6.45, 7) is -0.137. The Morgan fingerprint density at radius 3 is 2.85 bits per heavy atom. The summed E-state index contributed by atoms with van der Waals surface area (Å²) in [5.74, 6) is -0.104. The lowest BCUT2D eigenvalue weighted by Gasteiger charge is -2.26. The first-order chi connectivity index (χ1) is 9.75. The van der Waals surface area contributed by atoms with E-state index >= 15 is 0 Å². The molecule has 0 fully saturated rings. The normalized spacial score (nSPS) is 21.8. The van der Waals surface area contributed by atoms with Gasteiger partial charge in [-0.05, 0) is 24.3 Å². The number of hydrazone groups is 1. The number of allylic oxidation sites excluding steroid dienone is 2. The fourth-order valence-electron chi connectivity index (χ4n) is 1.87. The van der Waals surface area contributed by atoms with Crippen LogP contribution in [0.25, 0.3) is 0 Å². The molecule has 6 heteroatoms. The van der Waals surface area contributed by atoms with E-state index in [-0.39, 0.29) is 18.4 Å². The van der Waals surface area contributed by atoms with Gasteiger partial charge in [-0.2, -0.15) is 5.01 Å². The van der Waals surface area contributed by atoms with Crippen molar-refractivity contribution in [3.8, 4) is 0 Å². The molecule has 0 aromatic heterocycles. The van der Waals surface area contributed by atoms with Crippen molar-refractivity contribution in [3.63, 3.8) is 0 Å². The summed E-state index contributed by atoms with van der Waals surface area (Å²) in [5.41, 5.74) is 1.02. The summed E-state index contributed by atoms with van der Waals surface area (Å²) in [7, 11) is 0. The van der Waals surface area contributed by atoms with Crippen LogP contribution in [0.3, 0.4) is 0 Å². The van der Waals surface area contributed by atoms with Crippen LogP contribution in [0.2, 0.25) is 0 Å². The SMILES string of the molecule is O=C1COC(C2=CC=COC2O)=NN1c1ccccc1. The van der Waals surface area contributed by atoms with Gasteiger partial charge in [-0.1, -0.05) is 18.2 Å². The lowest BCUT2D eigenvalue weighted by Crippen LogP contribution is -2.38. The number of para-hydroxylation sites is 1. The number of carbonyl (C=O) groups is 1. The number of aliphatic hydroxyl groups is 1. The summed E-state index contributed by atoms with van der Waals surface area (Å²) < 4.78 is 10.2. The molecule has 6 nitrogen and oxygen atoms in total. The Kier molecular flexibility index (Phi) is 3.22. The quantitative estimate of drug-likeness (QED) is 0.876. The Labute approximate surface area is 115 Å². The largest absolute Gasteiger partial charge is 0.468 e. The monoisotopic (exact) mass is 272 g/mol. The molecule has 1 amide bonds. The zero-order valence-corrected chi connectivity index (χ0v) is 10.5. The Balaban J connectivity index is 1.95. The van der Waals surface area contributed by atoms with Crippen LogP contribution in [0.15, 0.2) is 59.4 Å². The van der Waals surface area contributed by atoms with E-state index in [4.69, 9.17) is 9.47 Å². The van der Waals surface area contributed by atoms with Gasteiger partial charge in [-0.25, -0.2) is 0 Å². The smallest absolute Gasteiger partial charge is 0.285 e. The first-order valence-electron chi connectivity index (χ1n) is 6.06. The van der Waals surface area contributed by atoms with Crippen molar-refractivity contribution >= 4 is 17.5 Å². The van der Waals surface area contributed by atoms with Gasteiger partial charge in [0.25, 0.3) is 5.91 Å². The van der Waals surface area contributed by atoms with Crippen LogP contribution >= 0.6 is 0 Å². The molecule has 0 saturated carbocycles. The first-order valence-corrected chi connectivity index (χ1v) is 6.06. The van der Waals surface area contributed by atoms with Gasteiger partial charge in [0.15, 0.2) is 6.61 Å². The molecule has 2 heterocycles. The van der Waals surface area contributed by atoms with Crippen molar-refractivity contribution in [3.05, 3.63) is 54.3 Å². The topological polar surface area (TPSA) is 71.4 Å². The molecule has 102 valence electrons. The highest BCUT2D eigenvalue weighted by molar-refractivity contribution is 6.04. The van der Waals surface area contributed by atoms with Gasteiger partial charge in [0.05, 0.1) is 17.5 Å². The van der Waals surface area contributed by atoms with Gasteiger partial charge in [0, 0.05) is 0 Å². The van der Waals surface area contributed by atoms with Gasteiger partial charge in [0.1, 0.15) is 0 Å². The van der Waals surface area contributed by atoms with Crippen LogP contribution in [-0.4, -0.2) is 29.8 Å². The van der Waals surface area contributed by atoms with E-state index in [9.17, 15) is 9.90 Å². The summed E-state index contributed by atoms with van der Waals surface area (Å²) in [4.78, 5) is 11.9. The molecule has 0 bridgehead atoms. The van der Waals surface area contributed by atoms with Crippen molar-refractivity contribution in [2.24, 2.45) is 5.10 Å². The summed E-state index contributed by atoms with van der Waals surface area (Å²) >= 11 is 0. The van der Waals surface area contributed by atoms with Crippen molar-refractivity contribution in [2.75, 3.05) is 11.6 Å². The van der Waals surface area contributed by atoms with E-state index in [0.717, 1.165) is 0 Å². The fraction of sp³-hybridized carbons (Fsp3) is 0.143. The number of hydrogen-bond donors (Lipinski definition) is 1. The van der Waals surface area contributed by atoms with E-state index in [2.05, 4.69) is 5.10 Å². The predicted octanol–water partition coefficient (Wildman–Crippen LogP) is 1.15. The summed E-state index contributed by atoms with van der Waals surface area (Å²) in [6.07, 6.45) is 3.48. The number of amides is 1. The fourth-order valence-corrected chi connectivity index (χ4v) is 1.87. The van der Waals surface area contributed by atoms with Gasteiger partial charge in [0.2, 0.25) is 12.2 Å². The highest BCUT2D eigenvalue weighted by Crippen LogP contribution is 2.21. The molecule has 1 aromatic carbocycles. The van der Waals surface area contributed by atoms with Crippen LogP contribution in [0.4, 0.5) is 5.69 Å². The lowest BCUT2D eigenvalue weighted by molar-refractivity contribution is -0.121. The van der Waals surface area contributed by atoms with Gasteiger partial charge < -0.3 is 14.6 Å². The van der Waals surface area contributed by atoms with Crippen molar-refractivity contribution in [2.45, 2.75) is 6.29 Å². The molecule has 0 aliphatic carbocycles. The van der Waals surface area contributed by atoms with Crippen LogP contribution in [0, 0.1) is 0 Å². The Bertz CT molecular complexity index is 607. The minimum absolute atomic E-state index is 0.137. The zero-order chi connectivity index (χ0) is 13.9. The van der Waals surface area contributed by atoms with E-state index in [1.54, 1.807) is 24.3 Å². The molecule has 0 spiro atoms. The van der Waals surface area contributed by atoms with Gasteiger partial charge >= 0.3 is 0 Å². The third-order valence-electron chi connectivity index (χ3n) is 2.84. The molecule has 0 radical (unpaired) electrons. The highest BCUT2D eigenvalue weighted by atomic mass is 16.6. The van der Waals surface area contributed by atoms with E-state index in [1.807, 2.05) is 18.2 Å². The second kappa shape index (κ2) is 5.18. The van der Waals surface area contributed by atoms with Crippen LogP contribution in [0.5, 0.6) is 0 Å². The standard InChI is InChI=1S/C14H12N2O4/c17-12-9-20-13(11-7-4-8-19-14(11)18)15-16(12)10-5-2-1-3-6-10/h1-8,14,18H,9H2. The van der Waals surface area contributed by atoms with Crippen LogP contribution in [-0.2, 0) is 14.3 Å². The summed E-state index contributed by atoms with van der Waals surface area (Å²) in [5, 5.41) is 15.1. The predicted molar refractivity (Wildman–Crippen MR) is 71.6 cm³/mol. The molecule has 2 aliphatic heterocycles. The van der Waals surface area contributed by atoms with E-state index in [0.29, 0.717) is 11.3 Å². The van der Waals surface area contributed by atoms with Crippen molar-refractivity contribution in [1.82, 2.24) is 0 Å². The zero-order valence-electron chi connectivity index (χ0n) is 10.5. The minimum Gasteiger partial charge on any atom is -0.468 e. The second-order valence-corrected chi connectivity index (χ2v) is 4.17. The number of ether oxygens (including phenoxy) is 2. The third kappa shape index (κ3) is 2.28. The number of nitrogens with zero attached hydrogens (tertiary/aromatic N) is 2. The molecule has 3 rings (SSSR count). The number of benzene rings is 1. The van der Waals surface area contributed by atoms with E-state index < -0.39 is 6.29 Å². The molecule has 1 unspecified atom stereocenters. The van der Waals surface area contributed by atoms with E-state index in [1.165, 1.54) is 11.3 Å². The Morgan fingerprint density at radius 1 is 1.30 bits per heavy atom. The van der Waals surface area contributed by atoms with Crippen LogP contribution < -0.4 is 5.01 Å². The molecule has 2 aliphatic rings. The average molecular weight is 272 g/mol. The number of aliphatic hydroxyl groups excluding tert-OH is 1. The highest BCUT2D eigenvalue weighted by Gasteiger charge is 2.28.